The van der Waals surface area contributed by atoms with Gasteiger partial charge in [0.05, 0.1) is 6.26 Å². The van der Waals surface area contributed by atoms with E-state index in [4.69, 9.17) is 5.11 Å². The van der Waals surface area contributed by atoms with Crippen LogP contribution in [0, 0.1) is 5.92 Å². The highest BCUT2D eigenvalue weighted by molar-refractivity contribution is 5.66. The van der Waals surface area contributed by atoms with Crippen molar-refractivity contribution in [2.45, 2.75) is 27.2 Å². The summed E-state index contributed by atoms with van der Waals surface area (Å²) in [6.07, 6.45) is 1.38. The normalized spacial score (nSPS) is 8.31. The van der Waals surface area contributed by atoms with Gasteiger partial charge in [0.15, 0.2) is 0 Å². The maximum atomic E-state index is 9.81. The molecule has 0 aliphatic heterocycles. The van der Waals surface area contributed by atoms with Gasteiger partial charge in [-0.05, 0) is 5.92 Å². The van der Waals surface area contributed by atoms with E-state index < -0.39 is 5.97 Å². The molecule has 0 rings (SSSR count). The summed E-state index contributed by atoms with van der Waals surface area (Å²) in [7, 11) is 0. The van der Waals surface area contributed by atoms with Crippen molar-refractivity contribution >= 4 is 11.9 Å². The highest BCUT2D eigenvalue weighted by Crippen LogP contribution is 1.96. The van der Waals surface area contributed by atoms with Crippen LogP contribution in [-0.2, 0) is 14.3 Å². The molecule has 1 N–H and O–H groups in total. The van der Waals surface area contributed by atoms with Gasteiger partial charge in [-0.3, -0.25) is 9.59 Å². The van der Waals surface area contributed by atoms with E-state index in [0.29, 0.717) is 0 Å². The molecule has 0 atom stereocenters. The first-order valence-electron chi connectivity index (χ1n) is 3.90. The number of carboxylic acid groups (broad SMARTS) is 1. The zero-order chi connectivity index (χ0) is 10.9. The topological polar surface area (TPSA) is 63.6 Å². The third-order valence-electron chi connectivity index (χ3n) is 0.832. The van der Waals surface area contributed by atoms with Crippen molar-refractivity contribution in [3.05, 3.63) is 12.8 Å². The summed E-state index contributed by atoms with van der Waals surface area (Å²) in [5.41, 5.74) is 0. The quantitative estimate of drug-likeness (QED) is 0.542. The molecule has 0 fully saturated rings. The Morgan fingerprint density at radius 2 is 2.00 bits per heavy atom. The maximum Gasteiger partial charge on any atom is 0.307 e. The third kappa shape index (κ3) is 24.9. The molecule has 0 radical (unpaired) electrons. The number of hydrogen-bond acceptors (Lipinski definition) is 3. The lowest BCUT2D eigenvalue weighted by Gasteiger charge is -1.94. The average Bonchev–Trinajstić information content (AvgIpc) is 1.83. The van der Waals surface area contributed by atoms with E-state index >= 15 is 0 Å². The Bertz CT molecular complexity index is 172. The summed E-state index contributed by atoms with van der Waals surface area (Å²) in [5.74, 6) is -0.766. The predicted molar refractivity (Wildman–Crippen MR) is 49.1 cm³/mol. The number of esters is 1. The van der Waals surface area contributed by atoms with Crippen LogP contribution in [-0.4, -0.2) is 17.0 Å². The monoisotopic (exact) mass is 188 g/mol. The van der Waals surface area contributed by atoms with E-state index in [1.165, 1.54) is 6.92 Å². The zero-order valence-corrected chi connectivity index (χ0v) is 8.24. The molecule has 13 heavy (non-hydrogen) atoms. The molecule has 0 aromatic carbocycles. The highest BCUT2D eigenvalue weighted by Gasteiger charge is 1.98. The third-order valence-corrected chi connectivity index (χ3v) is 0.832. The Kier molecular flexibility index (Phi) is 9.60. The minimum absolute atomic E-state index is 0.275. The molecule has 0 aliphatic rings. The smallest absolute Gasteiger partial charge is 0.307 e. The number of rotatable bonds is 3. The lowest BCUT2D eigenvalue weighted by atomic mass is 10.1. The van der Waals surface area contributed by atoms with Crippen LogP contribution in [0.4, 0.5) is 0 Å². The van der Waals surface area contributed by atoms with Crippen LogP contribution in [0.3, 0.4) is 0 Å². The van der Waals surface area contributed by atoms with Gasteiger partial charge in [-0.1, -0.05) is 20.4 Å². The van der Waals surface area contributed by atoms with Crippen molar-refractivity contribution in [1.82, 2.24) is 0 Å². The van der Waals surface area contributed by atoms with Crippen LogP contribution < -0.4 is 0 Å². The van der Waals surface area contributed by atoms with Crippen LogP contribution in [0.5, 0.6) is 0 Å². The van der Waals surface area contributed by atoms with Crippen molar-refractivity contribution < 1.29 is 19.4 Å². The number of carboxylic acids is 1. The molecule has 0 unspecified atom stereocenters. The highest BCUT2D eigenvalue weighted by atomic mass is 16.5. The first-order valence-corrected chi connectivity index (χ1v) is 3.90. The molecular formula is C9H16O4. The van der Waals surface area contributed by atoms with Crippen LogP contribution in [0.15, 0.2) is 12.8 Å². The number of aliphatic carboxylic acids is 1. The Hall–Kier alpha value is -1.32. The first kappa shape index (κ1) is 14.2. The fraction of sp³-hybridized carbons (Fsp3) is 0.556. The average molecular weight is 188 g/mol. The van der Waals surface area contributed by atoms with Gasteiger partial charge in [-0.25, -0.2) is 0 Å². The Balaban J connectivity index is 0. The minimum atomic E-state index is -0.713. The molecule has 0 heterocycles. The lowest BCUT2D eigenvalue weighted by molar-refractivity contribution is -0.138. The second kappa shape index (κ2) is 8.77. The van der Waals surface area contributed by atoms with Gasteiger partial charge in [-0.15, -0.1) is 0 Å². The van der Waals surface area contributed by atoms with Gasteiger partial charge in [0.2, 0.25) is 0 Å². The number of carbonyl (C=O) groups is 2. The van der Waals surface area contributed by atoms with Crippen molar-refractivity contribution in [2.75, 3.05) is 0 Å². The van der Waals surface area contributed by atoms with Gasteiger partial charge in [-0.2, -0.15) is 0 Å². The molecule has 0 aromatic heterocycles. The van der Waals surface area contributed by atoms with E-state index in [-0.39, 0.29) is 18.3 Å². The Morgan fingerprint density at radius 3 is 2.00 bits per heavy atom. The second-order valence-corrected chi connectivity index (χ2v) is 2.77. The lowest BCUT2D eigenvalue weighted by Crippen LogP contribution is -1.99. The largest absolute Gasteiger partial charge is 0.481 e. The van der Waals surface area contributed by atoms with Crippen molar-refractivity contribution in [1.29, 1.82) is 0 Å². The van der Waals surface area contributed by atoms with E-state index in [1.807, 2.05) is 13.8 Å². The van der Waals surface area contributed by atoms with Crippen LogP contribution in [0.25, 0.3) is 0 Å². The summed E-state index contributed by atoms with van der Waals surface area (Å²) in [6.45, 7) is 8.25. The summed E-state index contributed by atoms with van der Waals surface area (Å²) in [6, 6.07) is 0. The summed E-state index contributed by atoms with van der Waals surface area (Å²) >= 11 is 0. The summed E-state index contributed by atoms with van der Waals surface area (Å²) in [5, 5.41) is 8.08. The number of ether oxygens (including phenoxy) is 1. The molecule has 0 aromatic rings. The molecule has 0 saturated carbocycles. The van der Waals surface area contributed by atoms with Crippen LogP contribution in [0.2, 0.25) is 0 Å². The fourth-order valence-electron chi connectivity index (χ4n) is 0.467. The predicted octanol–water partition coefficient (Wildman–Crippen LogP) is 1.81. The molecule has 0 aliphatic carbocycles. The molecular weight excluding hydrogens is 172 g/mol. The summed E-state index contributed by atoms with van der Waals surface area (Å²) < 4.78 is 4.17. The molecule has 0 spiro atoms. The summed E-state index contributed by atoms with van der Waals surface area (Å²) in [4.78, 5) is 19.6. The second-order valence-electron chi connectivity index (χ2n) is 2.77. The van der Waals surface area contributed by atoms with Gasteiger partial charge in [0.25, 0.3) is 0 Å². The van der Waals surface area contributed by atoms with E-state index in [1.54, 1.807) is 0 Å². The van der Waals surface area contributed by atoms with Gasteiger partial charge in [0.1, 0.15) is 0 Å². The zero-order valence-electron chi connectivity index (χ0n) is 8.24. The van der Waals surface area contributed by atoms with Crippen molar-refractivity contribution in [3.8, 4) is 0 Å². The Labute approximate surface area is 78.2 Å². The van der Waals surface area contributed by atoms with Gasteiger partial charge >= 0.3 is 11.9 Å². The standard InChI is InChI=1S/C5H10O2.C4H6O2/c1-4(2)3-5(6)7;1-3-6-4(2)5/h4H,3H2,1-2H3,(H,6,7);3H,1H2,2H3. The fourth-order valence-corrected chi connectivity index (χ4v) is 0.467. The van der Waals surface area contributed by atoms with E-state index in [0.717, 1.165) is 6.26 Å². The Morgan fingerprint density at radius 1 is 1.54 bits per heavy atom. The SMILES string of the molecule is C=COC(C)=O.CC(C)CC(=O)O. The molecule has 0 saturated heterocycles. The van der Waals surface area contributed by atoms with E-state index in [2.05, 4.69) is 11.3 Å². The maximum absolute atomic E-state index is 9.81. The van der Waals surface area contributed by atoms with Gasteiger partial charge < -0.3 is 9.84 Å². The number of hydrogen-bond donors (Lipinski definition) is 1. The molecule has 76 valence electrons. The van der Waals surface area contributed by atoms with Crippen molar-refractivity contribution in [2.24, 2.45) is 5.92 Å². The van der Waals surface area contributed by atoms with Gasteiger partial charge in [0, 0.05) is 13.3 Å². The molecule has 0 amide bonds. The first-order chi connectivity index (χ1) is 5.90. The number of carbonyl (C=O) groups excluding carboxylic acids is 1. The van der Waals surface area contributed by atoms with Crippen LogP contribution >= 0.6 is 0 Å². The van der Waals surface area contributed by atoms with Crippen molar-refractivity contribution in [3.63, 3.8) is 0 Å². The molecule has 4 heteroatoms. The minimum Gasteiger partial charge on any atom is -0.481 e. The molecule has 0 bridgehead atoms. The van der Waals surface area contributed by atoms with Crippen LogP contribution in [0.1, 0.15) is 27.2 Å². The molecule has 4 nitrogen and oxygen atoms in total. The van der Waals surface area contributed by atoms with E-state index in [9.17, 15) is 9.59 Å².